The maximum absolute atomic E-state index is 4.09. The minimum atomic E-state index is 0. The first kappa shape index (κ1) is 20.7. The van der Waals surface area contributed by atoms with Crippen LogP contribution in [0.5, 0.6) is 0 Å². The average Bonchev–Trinajstić information content (AvgIpc) is 3.20. The molecule has 0 saturated carbocycles. The third-order valence-corrected chi connectivity index (χ3v) is 2.87. The smallest absolute Gasteiger partial charge is 1.00 e. The summed E-state index contributed by atoms with van der Waals surface area (Å²) in [5.74, 6) is 0. The number of fused-ring (bicyclic) bond motifs is 1. The molecule has 0 aliphatic heterocycles. The molecule has 0 radical (unpaired) electrons. The van der Waals surface area contributed by atoms with E-state index in [9.17, 15) is 0 Å². The van der Waals surface area contributed by atoms with E-state index >= 15 is 0 Å². The van der Waals surface area contributed by atoms with Crippen LogP contribution in [0.1, 0.15) is 6.42 Å². The molecule has 6 heteroatoms. The summed E-state index contributed by atoms with van der Waals surface area (Å²) in [5, 5.41) is 6.56. The maximum atomic E-state index is 4.09. The van der Waals surface area contributed by atoms with Crippen molar-refractivity contribution in [2.75, 3.05) is 0 Å². The van der Waals surface area contributed by atoms with Crippen LogP contribution in [0.15, 0.2) is 67.3 Å². The van der Waals surface area contributed by atoms with E-state index in [1.807, 2.05) is 24.3 Å². The SMILES string of the molecule is [C-]1=CC=CC1.[Cl-].[Cl-].[Ti+4].c1ccc2[cH-]c(-n3cncn3)cc2c1. The third kappa shape index (κ3) is 5.18. The number of allylic oxidation sites excluding steroid dienone is 4. The Kier molecular flexibility index (Phi) is 9.87. The molecule has 0 amide bonds. The summed E-state index contributed by atoms with van der Waals surface area (Å²) in [6, 6.07) is 12.5. The zero-order chi connectivity index (χ0) is 12.9. The number of rotatable bonds is 1. The first-order valence-corrected chi connectivity index (χ1v) is 6.16. The third-order valence-electron chi connectivity index (χ3n) is 2.87. The molecule has 1 aliphatic carbocycles. The van der Waals surface area contributed by atoms with Crippen LogP contribution < -0.4 is 24.8 Å². The van der Waals surface area contributed by atoms with Crippen LogP contribution in [-0.4, -0.2) is 14.8 Å². The van der Waals surface area contributed by atoms with Crippen LogP contribution in [0.25, 0.3) is 16.5 Å². The van der Waals surface area contributed by atoms with Crippen molar-refractivity contribution >= 4 is 10.8 Å². The first-order chi connectivity index (χ1) is 9.43. The second-order valence-corrected chi connectivity index (χ2v) is 4.19. The molecule has 0 atom stereocenters. The second-order valence-electron chi connectivity index (χ2n) is 4.19. The van der Waals surface area contributed by atoms with Gasteiger partial charge in [0.15, 0.2) is 0 Å². The zero-order valence-electron chi connectivity index (χ0n) is 11.7. The van der Waals surface area contributed by atoms with Crippen LogP contribution in [0.3, 0.4) is 0 Å². The van der Waals surface area contributed by atoms with Crippen molar-refractivity contribution in [2.45, 2.75) is 6.42 Å². The molecule has 0 spiro atoms. The summed E-state index contributed by atoms with van der Waals surface area (Å²) in [6.45, 7) is 0. The van der Waals surface area contributed by atoms with E-state index < -0.39 is 0 Å². The van der Waals surface area contributed by atoms with Gasteiger partial charge in [-0.2, -0.15) is 11.2 Å². The molecule has 0 bridgehead atoms. The Morgan fingerprint density at radius 2 is 2.00 bits per heavy atom. The van der Waals surface area contributed by atoms with Crippen molar-refractivity contribution in [3.8, 4) is 5.69 Å². The molecule has 3 nitrogen and oxygen atoms in total. The molecule has 3 aromatic rings. The van der Waals surface area contributed by atoms with Crippen molar-refractivity contribution in [1.29, 1.82) is 0 Å². The van der Waals surface area contributed by atoms with E-state index in [1.54, 1.807) is 11.0 Å². The van der Waals surface area contributed by atoms with E-state index in [0.717, 1.165) is 12.1 Å². The quantitative estimate of drug-likeness (QED) is 0.351. The normalized spacial score (nSPS) is 10.9. The van der Waals surface area contributed by atoms with Gasteiger partial charge in [0.2, 0.25) is 0 Å². The number of benzene rings is 1. The van der Waals surface area contributed by atoms with Gasteiger partial charge in [0.05, 0.1) is 0 Å². The Balaban J connectivity index is 0.000000482. The van der Waals surface area contributed by atoms with Crippen LogP contribution in [0.2, 0.25) is 0 Å². The molecule has 110 valence electrons. The molecule has 1 aliphatic rings. The maximum Gasteiger partial charge on any atom is 4.00 e. The summed E-state index contributed by atoms with van der Waals surface area (Å²) >= 11 is 0. The van der Waals surface area contributed by atoms with E-state index in [2.05, 4.69) is 46.5 Å². The summed E-state index contributed by atoms with van der Waals surface area (Å²) < 4.78 is 1.76. The van der Waals surface area contributed by atoms with Gasteiger partial charge < -0.3 is 24.8 Å². The van der Waals surface area contributed by atoms with E-state index in [1.165, 1.54) is 17.1 Å². The second kappa shape index (κ2) is 10.5. The molecule has 22 heavy (non-hydrogen) atoms. The minimum Gasteiger partial charge on any atom is -1.00 e. The van der Waals surface area contributed by atoms with Crippen LogP contribution in [0.4, 0.5) is 0 Å². The van der Waals surface area contributed by atoms with Crippen LogP contribution >= 0.6 is 0 Å². The van der Waals surface area contributed by atoms with Gasteiger partial charge in [-0.15, -0.1) is 47.5 Å². The fourth-order valence-electron chi connectivity index (χ4n) is 1.95. The van der Waals surface area contributed by atoms with E-state index in [0.29, 0.717) is 0 Å². The molecule has 0 unspecified atom stereocenters. The fourth-order valence-corrected chi connectivity index (χ4v) is 1.95. The zero-order valence-corrected chi connectivity index (χ0v) is 14.7. The van der Waals surface area contributed by atoms with Gasteiger partial charge in [-0.1, -0.05) is 6.07 Å². The Morgan fingerprint density at radius 1 is 1.18 bits per heavy atom. The monoisotopic (exact) mass is 365 g/mol. The largest absolute Gasteiger partial charge is 4.00 e. The van der Waals surface area contributed by atoms with Gasteiger partial charge in [-0.25, -0.2) is 21.8 Å². The van der Waals surface area contributed by atoms with Crippen molar-refractivity contribution in [2.24, 2.45) is 0 Å². The van der Waals surface area contributed by atoms with Crippen LogP contribution in [0, 0.1) is 6.08 Å². The van der Waals surface area contributed by atoms with Gasteiger partial charge in [0.1, 0.15) is 12.7 Å². The van der Waals surface area contributed by atoms with Crippen LogP contribution in [-0.2, 0) is 21.7 Å². The van der Waals surface area contributed by atoms with E-state index in [4.69, 9.17) is 0 Å². The van der Waals surface area contributed by atoms with Gasteiger partial charge in [0, 0.05) is 0 Å². The molecular formula is C16H13Cl2N3Ti. The average molecular weight is 366 g/mol. The fraction of sp³-hybridized carbons (Fsp3) is 0.0625. The van der Waals surface area contributed by atoms with Crippen molar-refractivity contribution in [1.82, 2.24) is 14.8 Å². The molecule has 4 rings (SSSR count). The van der Waals surface area contributed by atoms with Crippen molar-refractivity contribution < 1.29 is 46.5 Å². The molecule has 2 aromatic carbocycles. The van der Waals surface area contributed by atoms with Gasteiger partial charge in [-0.3, -0.25) is 6.08 Å². The molecule has 1 heterocycles. The predicted molar refractivity (Wildman–Crippen MR) is 76.0 cm³/mol. The van der Waals surface area contributed by atoms with Gasteiger partial charge >= 0.3 is 21.7 Å². The van der Waals surface area contributed by atoms with E-state index in [-0.39, 0.29) is 46.5 Å². The topological polar surface area (TPSA) is 30.7 Å². The van der Waals surface area contributed by atoms with Crippen molar-refractivity contribution in [3.05, 3.63) is 73.4 Å². The molecule has 0 N–H and O–H groups in total. The molecular weight excluding hydrogens is 353 g/mol. The number of hydrogen-bond acceptors (Lipinski definition) is 2. The molecule has 0 fully saturated rings. The molecule has 0 saturated heterocycles. The number of halogens is 2. The van der Waals surface area contributed by atoms with Crippen molar-refractivity contribution in [3.63, 3.8) is 0 Å². The van der Waals surface area contributed by atoms with Gasteiger partial charge in [-0.05, 0) is 5.69 Å². The first-order valence-electron chi connectivity index (χ1n) is 6.16. The summed E-state index contributed by atoms with van der Waals surface area (Å²) in [7, 11) is 0. The Bertz CT molecular complexity index is 675. The summed E-state index contributed by atoms with van der Waals surface area (Å²) in [6.07, 6.45) is 13.2. The Hall–Kier alpha value is -1.26. The standard InChI is InChI=1S/C11H8N3.C5H5.2ClH.Ti/c1-2-4-10-6-11(5-9(10)3-1)14-8-12-7-13-14;1-2-4-5-3-1;;;/h1-8H;1-3H,4H2;2*1H;/q2*-1;;;+4/p-2. The number of nitrogens with zero attached hydrogens (tertiary/aromatic N) is 3. The predicted octanol–water partition coefficient (Wildman–Crippen LogP) is -2.55. The Morgan fingerprint density at radius 3 is 2.55 bits per heavy atom. The Labute approximate surface area is 157 Å². The summed E-state index contributed by atoms with van der Waals surface area (Å²) in [4.78, 5) is 3.92. The molecule has 1 aromatic heterocycles. The number of hydrogen-bond donors (Lipinski definition) is 0. The minimum absolute atomic E-state index is 0. The van der Waals surface area contributed by atoms with Gasteiger partial charge in [0.25, 0.3) is 0 Å². The summed E-state index contributed by atoms with van der Waals surface area (Å²) in [5.41, 5.74) is 1.06. The number of aromatic nitrogens is 3.